The van der Waals surface area contributed by atoms with E-state index in [9.17, 15) is 15.5 Å². The topological polar surface area (TPSA) is 119 Å². The van der Waals surface area contributed by atoms with E-state index in [1.54, 1.807) is 23.4 Å². The number of hydrogen-bond donors (Lipinski definition) is 2. The average molecular weight is 344 g/mol. The molecule has 0 amide bonds. The van der Waals surface area contributed by atoms with E-state index in [0.29, 0.717) is 23.4 Å². The molecule has 132 valence electrons. The molecule has 0 radical (unpaired) electrons. The molecule has 4 atom stereocenters. The zero-order chi connectivity index (χ0) is 18.2. The van der Waals surface area contributed by atoms with Crippen molar-refractivity contribution in [1.29, 1.82) is 5.26 Å². The van der Waals surface area contributed by atoms with Gasteiger partial charge in [-0.25, -0.2) is 14.5 Å². The van der Waals surface area contributed by atoms with Crippen LogP contribution in [0.5, 0.6) is 0 Å². The minimum Gasteiger partial charge on any atom is -0.388 e. The number of aromatic nitrogens is 3. The summed E-state index contributed by atoms with van der Waals surface area (Å²) >= 11 is 0. The lowest BCUT2D eigenvalue weighted by Crippen LogP contribution is -2.40. The first kappa shape index (κ1) is 17.3. The molecule has 0 spiro atoms. The van der Waals surface area contributed by atoms with Crippen LogP contribution in [-0.4, -0.2) is 68.5 Å². The molecule has 9 nitrogen and oxygen atoms in total. The fourth-order valence-electron chi connectivity index (χ4n) is 2.98. The van der Waals surface area contributed by atoms with Crippen LogP contribution in [-0.2, 0) is 10.3 Å². The maximum atomic E-state index is 10.5. The molecule has 0 saturated carbocycles. The first-order valence-corrected chi connectivity index (χ1v) is 7.93. The highest BCUT2D eigenvalue weighted by Crippen LogP contribution is 2.41. The quantitative estimate of drug-likeness (QED) is 0.600. The third-order valence-corrected chi connectivity index (χ3v) is 4.25. The largest absolute Gasteiger partial charge is 0.388 e. The van der Waals surface area contributed by atoms with Crippen LogP contribution in [0.15, 0.2) is 23.5 Å². The van der Waals surface area contributed by atoms with Gasteiger partial charge >= 0.3 is 0 Å². The number of fused-ring (bicyclic) bond motifs is 1. The van der Waals surface area contributed by atoms with E-state index in [4.69, 9.17) is 4.74 Å². The Balaban J connectivity index is 2.13. The number of nitrogens with zero attached hydrogens (tertiary/aromatic N) is 6. The molecule has 9 heteroatoms. The lowest BCUT2D eigenvalue weighted by atomic mass is 9.92. The number of hydrogen-bond acceptors (Lipinski definition) is 7. The van der Waals surface area contributed by atoms with E-state index < -0.39 is 23.9 Å². The van der Waals surface area contributed by atoms with E-state index in [0.717, 1.165) is 0 Å². The summed E-state index contributed by atoms with van der Waals surface area (Å²) in [5.41, 5.74) is -0.810. The molecule has 3 rings (SSSR count). The highest BCUT2D eigenvalue weighted by Gasteiger charge is 2.56. The highest BCUT2D eigenvalue weighted by atomic mass is 16.6. The van der Waals surface area contributed by atoms with Gasteiger partial charge < -0.3 is 19.8 Å². The maximum Gasteiger partial charge on any atom is 0.225 e. The molecule has 1 aliphatic rings. The number of aliphatic hydroxyl groups is 2. The molecule has 25 heavy (non-hydrogen) atoms. The number of aliphatic imine (C=N–C) groups is 1. The molecule has 2 N–H and O–H groups in total. The Kier molecular flexibility index (Phi) is 4.43. The van der Waals surface area contributed by atoms with E-state index in [2.05, 4.69) is 15.1 Å². The molecule has 1 fully saturated rings. The molecule has 0 unspecified atom stereocenters. The molecule has 1 saturated heterocycles. The second-order valence-corrected chi connectivity index (χ2v) is 6.15. The summed E-state index contributed by atoms with van der Waals surface area (Å²) in [7, 11) is 3.68. The Bertz CT molecular complexity index is 842. The van der Waals surface area contributed by atoms with Gasteiger partial charge in [-0.05, 0) is 18.6 Å². The Morgan fingerprint density at radius 2 is 2.24 bits per heavy atom. The van der Waals surface area contributed by atoms with Crippen LogP contribution in [0.2, 0.25) is 0 Å². The van der Waals surface area contributed by atoms with Crippen molar-refractivity contribution in [2.75, 3.05) is 14.1 Å². The Morgan fingerprint density at radius 1 is 1.48 bits per heavy atom. The monoisotopic (exact) mass is 344 g/mol. The zero-order valence-corrected chi connectivity index (χ0v) is 14.2. The van der Waals surface area contributed by atoms with Gasteiger partial charge in [-0.15, -0.1) is 0 Å². The van der Waals surface area contributed by atoms with Crippen molar-refractivity contribution in [2.24, 2.45) is 4.99 Å². The van der Waals surface area contributed by atoms with E-state index in [-0.39, 0.29) is 0 Å². The first-order valence-electron chi connectivity index (χ1n) is 7.93. The predicted octanol–water partition coefficient (Wildman–Crippen LogP) is 0.200. The van der Waals surface area contributed by atoms with Gasteiger partial charge in [0, 0.05) is 14.1 Å². The van der Waals surface area contributed by atoms with Gasteiger partial charge in [0.2, 0.25) is 5.60 Å². The fourth-order valence-corrected chi connectivity index (χ4v) is 2.98. The van der Waals surface area contributed by atoms with E-state index in [1.807, 2.05) is 27.1 Å². The van der Waals surface area contributed by atoms with Crippen molar-refractivity contribution in [1.82, 2.24) is 19.5 Å². The summed E-state index contributed by atoms with van der Waals surface area (Å²) < 4.78 is 7.24. The van der Waals surface area contributed by atoms with Gasteiger partial charge in [-0.3, -0.25) is 0 Å². The predicted molar refractivity (Wildman–Crippen MR) is 89.3 cm³/mol. The molecule has 0 bridgehead atoms. The van der Waals surface area contributed by atoms with Crippen LogP contribution in [0.4, 0.5) is 5.82 Å². The van der Waals surface area contributed by atoms with E-state index >= 15 is 0 Å². The molecule has 1 aliphatic heterocycles. The van der Waals surface area contributed by atoms with Crippen LogP contribution >= 0.6 is 0 Å². The normalized spacial score (nSPS) is 29.4. The van der Waals surface area contributed by atoms with Crippen LogP contribution in [0, 0.1) is 11.3 Å². The summed E-state index contributed by atoms with van der Waals surface area (Å²) in [6.07, 6.45) is 0.227. The van der Waals surface area contributed by atoms with Crippen molar-refractivity contribution in [3.63, 3.8) is 0 Å². The van der Waals surface area contributed by atoms with E-state index in [1.165, 1.54) is 10.8 Å². The van der Waals surface area contributed by atoms with Crippen molar-refractivity contribution in [3.8, 4) is 6.07 Å². The Morgan fingerprint density at radius 3 is 2.84 bits per heavy atom. The lowest BCUT2D eigenvalue weighted by molar-refractivity contribution is -0.0510. The van der Waals surface area contributed by atoms with Crippen LogP contribution < -0.4 is 0 Å². The highest BCUT2D eigenvalue weighted by molar-refractivity contribution is 5.71. The number of rotatable bonds is 4. The minimum atomic E-state index is -1.70. The van der Waals surface area contributed by atoms with Gasteiger partial charge in [-0.2, -0.15) is 10.4 Å². The lowest BCUT2D eigenvalue weighted by Gasteiger charge is -2.24. The van der Waals surface area contributed by atoms with Crippen molar-refractivity contribution in [3.05, 3.63) is 24.2 Å². The molecule has 3 heterocycles. The molecule has 0 aliphatic carbocycles. The molecular weight excluding hydrogens is 324 g/mol. The summed E-state index contributed by atoms with van der Waals surface area (Å²) in [4.78, 5) is 10.2. The van der Waals surface area contributed by atoms with Gasteiger partial charge in [-0.1, -0.05) is 6.92 Å². The van der Waals surface area contributed by atoms with Crippen LogP contribution in [0.1, 0.15) is 19.0 Å². The molecule has 2 aromatic heterocycles. The molecule has 0 aromatic carbocycles. The second kappa shape index (κ2) is 6.40. The smallest absolute Gasteiger partial charge is 0.225 e. The Labute approximate surface area is 144 Å². The minimum absolute atomic E-state index is 0.330. The second-order valence-electron chi connectivity index (χ2n) is 6.15. The zero-order valence-electron chi connectivity index (χ0n) is 14.2. The SMILES string of the molecule is CC[C@H]1O[C@@](C#N)(c2ccc3c(N=CN(C)C)ncnn23)[C@H](O)[C@@H]1O. The van der Waals surface area contributed by atoms with Crippen molar-refractivity contribution in [2.45, 2.75) is 37.3 Å². The van der Waals surface area contributed by atoms with Gasteiger partial charge in [0.1, 0.15) is 30.1 Å². The van der Waals surface area contributed by atoms with Crippen molar-refractivity contribution < 1.29 is 14.9 Å². The number of ether oxygens (including phenoxy) is 1. The van der Waals surface area contributed by atoms with Crippen LogP contribution in [0.3, 0.4) is 0 Å². The third-order valence-electron chi connectivity index (χ3n) is 4.25. The Hall–Kier alpha value is -2.54. The van der Waals surface area contributed by atoms with Crippen molar-refractivity contribution >= 4 is 17.7 Å². The average Bonchev–Trinajstić information content (AvgIpc) is 3.14. The van der Waals surface area contributed by atoms with Gasteiger partial charge in [0.15, 0.2) is 5.82 Å². The number of aliphatic hydroxyl groups excluding tert-OH is 2. The summed E-state index contributed by atoms with van der Waals surface area (Å²) in [6.45, 7) is 1.82. The first-order chi connectivity index (χ1) is 11.9. The molecule has 2 aromatic rings. The van der Waals surface area contributed by atoms with Crippen LogP contribution in [0.25, 0.3) is 5.52 Å². The molecular formula is C16H20N6O3. The van der Waals surface area contributed by atoms with Gasteiger partial charge in [0.25, 0.3) is 0 Å². The standard InChI is InChI=1S/C16H20N6O3/c1-4-11-13(23)14(24)16(7-17,25-11)12-6-5-10-15(19-9-21(2)3)18-8-20-22(10)12/h5-6,8-9,11,13-14,23-24H,4H2,1-3H3/t11-,13-,14-,16+/m1/s1. The van der Waals surface area contributed by atoms with Gasteiger partial charge in [0.05, 0.1) is 18.1 Å². The summed E-state index contributed by atoms with van der Waals surface area (Å²) in [6, 6.07) is 5.37. The third kappa shape index (κ3) is 2.64. The maximum absolute atomic E-state index is 10.5. The summed E-state index contributed by atoms with van der Waals surface area (Å²) in [5.74, 6) is 0.420. The number of nitriles is 1. The summed E-state index contributed by atoms with van der Waals surface area (Å²) in [5, 5.41) is 34.6. The fraction of sp³-hybridized carbons (Fsp3) is 0.500.